The van der Waals surface area contributed by atoms with E-state index in [1.807, 2.05) is 19.9 Å². The van der Waals surface area contributed by atoms with Crippen LogP contribution >= 0.6 is 11.6 Å². The summed E-state index contributed by atoms with van der Waals surface area (Å²) < 4.78 is 34.0. The Kier molecular flexibility index (Phi) is 7.12. The van der Waals surface area contributed by atoms with Gasteiger partial charge in [-0.15, -0.1) is 0 Å². The Labute approximate surface area is 217 Å². The molecule has 10 heteroatoms. The molecule has 0 saturated heterocycles. The number of hydrogen-bond donors (Lipinski definition) is 1. The number of ether oxygens (including phenoxy) is 1. The topological polar surface area (TPSA) is 90.1 Å². The lowest BCUT2D eigenvalue weighted by Crippen LogP contribution is -2.23. The molecule has 0 fully saturated rings. The molecule has 0 aliphatic rings. The van der Waals surface area contributed by atoms with Crippen molar-refractivity contribution >= 4 is 11.6 Å². The van der Waals surface area contributed by atoms with Gasteiger partial charge in [0.2, 0.25) is 0 Å². The van der Waals surface area contributed by atoms with Gasteiger partial charge in [-0.2, -0.15) is 0 Å². The van der Waals surface area contributed by atoms with E-state index in [4.69, 9.17) is 16.3 Å². The third-order valence-corrected chi connectivity index (χ3v) is 6.18. The molecule has 0 atom stereocenters. The second-order valence-electron chi connectivity index (χ2n) is 9.25. The molecule has 0 radical (unpaired) electrons. The van der Waals surface area contributed by atoms with Gasteiger partial charge in [-0.05, 0) is 57.9 Å². The van der Waals surface area contributed by atoms with E-state index in [1.165, 1.54) is 4.57 Å². The number of pyridine rings is 4. The average Bonchev–Trinajstić information content (AvgIpc) is 2.82. The molecule has 4 heterocycles. The molecule has 7 nitrogen and oxygen atoms in total. The molecule has 0 aliphatic heterocycles. The highest BCUT2D eigenvalue weighted by Crippen LogP contribution is 2.29. The van der Waals surface area contributed by atoms with Crippen LogP contribution in [0.4, 0.5) is 8.78 Å². The fourth-order valence-corrected chi connectivity index (χ4v) is 3.99. The molecule has 0 aromatic carbocycles. The highest BCUT2D eigenvalue weighted by Gasteiger charge is 2.21. The minimum Gasteiger partial charge on any atom is -0.485 e. The lowest BCUT2D eigenvalue weighted by molar-refractivity contribution is 0.0739. The number of halogens is 3. The van der Waals surface area contributed by atoms with Crippen LogP contribution in [0.3, 0.4) is 0 Å². The predicted octanol–water partition coefficient (Wildman–Crippen LogP) is 5.35. The maximum absolute atomic E-state index is 13.9. The van der Waals surface area contributed by atoms with Gasteiger partial charge in [-0.1, -0.05) is 17.7 Å². The van der Waals surface area contributed by atoms with Crippen molar-refractivity contribution in [1.29, 1.82) is 0 Å². The van der Waals surface area contributed by atoms with Crippen LogP contribution in [0.25, 0.3) is 17.1 Å². The van der Waals surface area contributed by atoms with E-state index in [9.17, 15) is 18.7 Å². The van der Waals surface area contributed by atoms with E-state index in [1.54, 1.807) is 45.2 Å². The molecule has 0 amide bonds. The first-order valence-corrected chi connectivity index (χ1v) is 11.8. The van der Waals surface area contributed by atoms with Crippen molar-refractivity contribution in [2.24, 2.45) is 0 Å². The monoisotopic (exact) mass is 526 g/mol. The zero-order valence-electron chi connectivity index (χ0n) is 20.9. The standard InChI is InChI=1S/C27H25ClF2N4O3/c1-14-6-7-23(27(4,5)36)33-25(14)19-10-21(15(2)11-31-19)34-16(3)8-22(24(28)26(34)35)37-13-20-18(30)9-17(29)12-32-20/h6-12,36H,13H2,1-5H3. The predicted molar refractivity (Wildman–Crippen MR) is 136 cm³/mol. The van der Waals surface area contributed by atoms with Gasteiger partial charge in [-0.3, -0.25) is 19.3 Å². The first kappa shape index (κ1) is 26.4. The third kappa shape index (κ3) is 5.38. The smallest absolute Gasteiger partial charge is 0.277 e. The van der Waals surface area contributed by atoms with E-state index in [0.717, 1.165) is 11.8 Å². The summed E-state index contributed by atoms with van der Waals surface area (Å²) in [5, 5.41) is 10.2. The molecule has 0 saturated carbocycles. The quantitative estimate of drug-likeness (QED) is 0.364. The van der Waals surface area contributed by atoms with Crippen LogP contribution in [0, 0.1) is 32.4 Å². The summed E-state index contributed by atoms with van der Waals surface area (Å²) in [6.45, 7) is 8.37. The van der Waals surface area contributed by atoms with E-state index >= 15 is 0 Å². The molecular formula is C27H25ClF2N4O3. The summed E-state index contributed by atoms with van der Waals surface area (Å²) in [7, 11) is 0. The lowest BCUT2D eigenvalue weighted by Gasteiger charge is -2.19. The van der Waals surface area contributed by atoms with Crippen LogP contribution in [0.2, 0.25) is 5.02 Å². The summed E-state index contributed by atoms with van der Waals surface area (Å²) in [5.41, 5.74) is 2.39. The van der Waals surface area contributed by atoms with Gasteiger partial charge >= 0.3 is 0 Å². The summed E-state index contributed by atoms with van der Waals surface area (Å²) in [5.74, 6) is -1.62. The van der Waals surface area contributed by atoms with Crippen LogP contribution in [-0.4, -0.2) is 24.6 Å². The first-order chi connectivity index (χ1) is 17.4. The maximum Gasteiger partial charge on any atom is 0.277 e. The lowest BCUT2D eigenvalue weighted by atomic mass is 10.0. The summed E-state index contributed by atoms with van der Waals surface area (Å²) in [4.78, 5) is 26.1. The number of nitrogens with zero attached hydrogens (tertiary/aromatic N) is 4. The molecular weight excluding hydrogens is 502 g/mol. The van der Waals surface area contributed by atoms with Crippen LogP contribution in [0.5, 0.6) is 5.75 Å². The van der Waals surface area contributed by atoms with Gasteiger partial charge in [0.1, 0.15) is 34.5 Å². The van der Waals surface area contributed by atoms with Crippen LogP contribution in [0.15, 0.2) is 47.5 Å². The van der Waals surface area contributed by atoms with Gasteiger partial charge < -0.3 is 9.84 Å². The molecule has 0 aliphatic carbocycles. The molecule has 37 heavy (non-hydrogen) atoms. The Morgan fingerprint density at radius 1 is 1.05 bits per heavy atom. The molecule has 1 N–H and O–H groups in total. The second kappa shape index (κ2) is 9.99. The summed E-state index contributed by atoms with van der Waals surface area (Å²) >= 11 is 6.37. The Morgan fingerprint density at radius 2 is 1.78 bits per heavy atom. The van der Waals surface area contributed by atoms with Gasteiger partial charge in [0, 0.05) is 24.0 Å². The van der Waals surface area contributed by atoms with E-state index in [0.29, 0.717) is 40.1 Å². The van der Waals surface area contributed by atoms with Crippen LogP contribution in [-0.2, 0) is 12.2 Å². The molecule has 0 spiro atoms. The number of hydrogen-bond acceptors (Lipinski definition) is 6. The number of rotatable bonds is 6. The van der Waals surface area contributed by atoms with Crippen molar-refractivity contribution in [2.75, 3.05) is 0 Å². The van der Waals surface area contributed by atoms with Crippen LogP contribution in [0.1, 0.15) is 42.1 Å². The molecule has 4 aromatic rings. The Bertz CT molecular complexity index is 1570. The molecule has 0 bridgehead atoms. The van der Waals surface area contributed by atoms with Crippen LogP contribution < -0.4 is 10.3 Å². The largest absolute Gasteiger partial charge is 0.485 e. The highest BCUT2D eigenvalue weighted by molar-refractivity contribution is 6.31. The highest BCUT2D eigenvalue weighted by atomic mass is 35.5. The van der Waals surface area contributed by atoms with Gasteiger partial charge in [0.05, 0.1) is 29.0 Å². The number of aliphatic hydroxyl groups is 1. The first-order valence-electron chi connectivity index (χ1n) is 11.4. The summed E-state index contributed by atoms with van der Waals surface area (Å²) in [6, 6.07) is 7.61. The van der Waals surface area contributed by atoms with Crippen molar-refractivity contribution in [3.05, 3.63) is 97.9 Å². The Balaban J connectivity index is 1.75. The van der Waals surface area contributed by atoms with Crippen molar-refractivity contribution < 1.29 is 18.6 Å². The molecule has 4 aromatic heterocycles. The van der Waals surface area contributed by atoms with Gasteiger partial charge in [0.15, 0.2) is 5.82 Å². The summed E-state index contributed by atoms with van der Waals surface area (Å²) in [6.07, 6.45) is 2.51. The van der Waals surface area contributed by atoms with Crippen molar-refractivity contribution in [2.45, 2.75) is 46.8 Å². The van der Waals surface area contributed by atoms with Crippen molar-refractivity contribution in [3.63, 3.8) is 0 Å². The van der Waals surface area contributed by atoms with Gasteiger partial charge in [0.25, 0.3) is 5.56 Å². The Morgan fingerprint density at radius 3 is 2.46 bits per heavy atom. The Hall–Kier alpha value is -3.69. The van der Waals surface area contributed by atoms with E-state index < -0.39 is 22.8 Å². The normalized spacial score (nSPS) is 11.6. The third-order valence-electron chi connectivity index (χ3n) is 5.83. The van der Waals surface area contributed by atoms with E-state index in [2.05, 4.69) is 15.0 Å². The minimum absolute atomic E-state index is 0.0493. The maximum atomic E-state index is 13.9. The average molecular weight is 527 g/mol. The SMILES string of the molecule is Cc1cnc(-c2nc(C(C)(C)O)ccc2C)cc1-n1c(C)cc(OCc2ncc(F)cc2F)c(Cl)c1=O. The molecule has 4 rings (SSSR count). The fourth-order valence-electron chi connectivity index (χ4n) is 3.79. The number of aryl methyl sites for hydroxylation is 3. The zero-order chi connectivity index (χ0) is 27.1. The number of aromatic nitrogens is 4. The minimum atomic E-state index is -1.14. The second-order valence-corrected chi connectivity index (χ2v) is 9.63. The molecule has 192 valence electrons. The fraction of sp³-hybridized carbons (Fsp3) is 0.259. The zero-order valence-corrected chi connectivity index (χ0v) is 21.7. The van der Waals surface area contributed by atoms with Crippen molar-refractivity contribution in [1.82, 2.24) is 19.5 Å². The van der Waals surface area contributed by atoms with Gasteiger partial charge in [-0.25, -0.2) is 13.8 Å². The van der Waals surface area contributed by atoms with Crippen molar-refractivity contribution in [3.8, 4) is 22.8 Å². The molecule has 0 unspecified atom stereocenters. The van der Waals surface area contributed by atoms with E-state index in [-0.39, 0.29) is 23.1 Å².